The Balaban J connectivity index is 3.32. The smallest absolute Gasteiger partial charge is 0.416 e. The number of ether oxygens (including phenoxy) is 2. The maximum atomic E-state index is 13.3. The molecule has 0 aliphatic carbocycles. The molecular weight excluding hydrogens is 260 g/mol. The zero-order valence-electron chi connectivity index (χ0n) is 9.05. The fourth-order valence-corrected chi connectivity index (χ4v) is 1.19. The second kappa shape index (κ2) is 5.21. The molecule has 0 spiro atoms. The third-order valence-corrected chi connectivity index (χ3v) is 1.93. The average molecular weight is 268 g/mol. The van der Waals surface area contributed by atoms with Gasteiger partial charge in [-0.2, -0.15) is 13.2 Å². The Morgan fingerprint density at radius 3 is 2.44 bits per heavy atom. The van der Waals surface area contributed by atoms with Gasteiger partial charge in [-0.1, -0.05) is 0 Å². The molecule has 0 atom stereocenters. The molecule has 0 unspecified atom stereocenters. The Hall–Kier alpha value is -1.83. The topological polar surface area (TPSA) is 55.8 Å². The molecule has 0 bridgehead atoms. The Morgan fingerprint density at radius 1 is 1.39 bits per heavy atom. The van der Waals surface area contributed by atoms with Gasteiger partial charge in [0.15, 0.2) is 6.79 Å². The molecule has 1 rings (SSSR count). The number of carboxylic acids is 1. The molecular formula is C10H8F4O4. The largest absolute Gasteiger partial charge is 0.477 e. The SMILES string of the molecule is COCOc1cc(C(F)(F)F)cc(F)c1C(=O)O. The van der Waals surface area contributed by atoms with E-state index in [0.717, 1.165) is 0 Å². The van der Waals surface area contributed by atoms with E-state index in [-0.39, 0.29) is 6.07 Å². The van der Waals surface area contributed by atoms with Crippen molar-refractivity contribution in [2.45, 2.75) is 6.18 Å². The van der Waals surface area contributed by atoms with Crippen molar-refractivity contribution >= 4 is 5.97 Å². The van der Waals surface area contributed by atoms with Crippen molar-refractivity contribution in [3.8, 4) is 5.75 Å². The Bertz CT molecular complexity index is 456. The molecule has 0 aromatic heterocycles. The molecule has 0 radical (unpaired) electrons. The molecule has 4 nitrogen and oxygen atoms in total. The number of methoxy groups -OCH3 is 1. The van der Waals surface area contributed by atoms with Crippen LogP contribution < -0.4 is 4.74 Å². The summed E-state index contributed by atoms with van der Waals surface area (Å²) in [6, 6.07) is 0.509. The summed E-state index contributed by atoms with van der Waals surface area (Å²) in [4.78, 5) is 10.7. The highest BCUT2D eigenvalue weighted by atomic mass is 19.4. The fraction of sp³-hybridized carbons (Fsp3) is 0.300. The molecule has 0 amide bonds. The van der Waals surface area contributed by atoms with Gasteiger partial charge in [0.05, 0.1) is 5.56 Å². The number of alkyl halides is 3. The normalized spacial score (nSPS) is 11.4. The van der Waals surface area contributed by atoms with Gasteiger partial charge in [0.2, 0.25) is 0 Å². The van der Waals surface area contributed by atoms with Crippen LogP contribution in [0.2, 0.25) is 0 Å². The first-order valence-electron chi connectivity index (χ1n) is 4.53. The van der Waals surface area contributed by atoms with Gasteiger partial charge in [0, 0.05) is 7.11 Å². The lowest BCUT2D eigenvalue weighted by Gasteiger charge is -2.13. The molecule has 0 saturated heterocycles. The molecule has 0 fully saturated rings. The Morgan fingerprint density at radius 2 is 2.00 bits per heavy atom. The fourth-order valence-electron chi connectivity index (χ4n) is 1.19. The summed E-state index contributed by atoms with van der Waals surface area (Å²) >= 11 is 0. The van der Waals surface area contributed by atoms with Crippen molar-refractivity contribution in [2.75, 3.05) is 13.9 Å². The standard InChI is InChI=1S/C10H8F4O4/c1-17-4-18-7-3-5(10(12,13)14)2-6(11)8(7)9(15)16/h2-3H,4H2,1H3,(H,15,16). The van der Waals surface area contributed by atoms with Crippen LogP contribution in [-0.4, -0.2) is 25.0 Å². The zero-order valence-corrected chi connectivity index (χ0v) is 9.05. The van der Waals surface area contributed by atoms with Gasteiger partial charge in [-0.05, 0) is 12.1 Å². The first-order valence-corrected chi connectivity index (χ1v) is 4.53. The van der Waals surface area contributed by atoms with E-state index in [1.165, 1.54) is 7.11 Å². The maximum absolute atomic E-state index is 13.3. The lowest BCUT2D eigenvalue weighted by atomic mass is 10.1. The van der Waals surface area contributed by atoms with Crippen LogP contribution in [0.25, 0.3) is 0 Å². The predicted octanol–water partition coefficient (Wildman–Crippen LogP) is 2.53. The minimum absolute atomic E-state index is 0.100. The Labute approximate surface area is 98.7 Å². The monoisotopic (exact) mass is 268 g/mol. The molecule has 0 aliphatic rings. The molecule has 100 valence electrons. The molecule has 0 heterocycles. The highest BCUT2D eigenvalue weighted by Crippen LogP contribution is 2.34. The summed E-state index contributed by atoms with van der Waals surface area (Å²) in [5.41, 5.74) is -2.31. The van der Waals surface area contributed by atoms with E-state index in [9.17, 15) is 22.4 Å². The van der Waals surface area contributed by atoms with E-state index < -0.39 is 41.6 Å². The number of carboxylic acid groups (broad SMARTS) is 1. The van der Waals surface area contributed by atoms with Crippen LogP contribution in [0.1, 0.15) is 15.9 Å². The number of aromatic carboxylic acids is 1. The van der Waals surface area contributed by atoms with E-state index in [2.05, 4.69) is 9.47 Å². The second-order valence-electron chi connectivity index (χ2n) is 3.18. The third-order valence-electron chi connectivity index (χ3n) is 1.93. The maximum Gasteiger partial charge on any atom is 0.416 e. The van der Waals surface area contributed by atoms with Crippen molar-refractivity contribution in [3.05, 3.63) is 29.1 Å². The number of benzene rings is 1. The summed E-state index contributed by atoms with van der Waals surface area (Å²) in [5.74, 6) is -3.99. The quantitative estimate of drug-likeness (QED) is 0.673. The highest BCUT2D eigenvalue weighted by Gasteiger charge is 2.33. The van der Waals surface area contributed by atoms with Gasteiger partial charge >= 0.3 is 12.1 Å². The van der Waals surface area contributed by atoms with E-state index in [4.69, 9.17) is 5.11 Å². The molecule has 18 heavy (non-hydrogen) atoms. The van der Waals surface area contributed by atoms with Crippen molar-refractivity contribution < 1.29 is 36.9 Å². The van der Waals surface area contributed by atoms with E-state index >= 15 is 0 Å². The van der Waals surface area contributed by atoms with Gasteiger partial charge in [0.1, 0.15) is 17.1 Å². The van der Waals surface area contributed by atoms with Crippen LogP contribution in [0.5, 0.6) is 5.75 Å². The predicted molar refractivity (Wildman–Crippen MR) is 50.9 cm³/mol. The van der Waals surface area contributed by atoms with Gasteiger partial charge < -0.3 is 14.6 Å². The van der Waals surface area contributed by atoms with Crippen LogP contribution in [0, 0.1) is 5.82 Å². The minimum Gasteiger partial charge on any atom is -0.477 e. The van der Waals surface area contributed by atoms with E-state index in [1.54, 1.807) is 0 Å². The van der Waals surface area contributed by atoms with Crippen molar-refractivity contribution in [2.24, 2.45) is 0 Å². The molecule has 1 N–H and O–H groups in total. The lowest BCUT2D eigenvalue weighted by Crippen LogP contribution is -2.12. The zero-order chi connectivity index (χ0) is 13.9. The highest BCUT2D eigenvalue weighted by molar-refractivity contribution is 5.91. The minimum atomic E-state index is -4.80. The second-order valence-corrected chi connectivity index (χ2v) is 3.18. The third kappa shape index (κ3) is 3.10. The number of halogens is 4. The van der Waals surface area contributed by atoms with Crippen LogP contribution >= 0.6 is 0 Å². The van der Waals surface area contributed by atoms with Crippen LogP contribution in [0.3, 0.4) is 0 Å². The first-order chi connectivity index (χ1) is 8.27. The summed E-state index contributed by atoms with van der Waals surface area (Å²) < 4.78 is 59.6. The van der Waals surface area contributed by atoms with Crippen LogP contribution in [0.4, 0.5) is 17.6 Å². The molecule has 0 aliphatic heterocycles. The van der Waals surface area contributed by atoms with Crippen molar-refractivity contribution in [3.63, 3.8) is 0 Å². The lowest BCUT2D eigenvalue weighted by molar-refractivity contribution is -0.138. The van der Waals surface area contributed by atoms with Crippen molar-refractivity contribution in [1.82, 2.24) is 0 Å². The van der Waals surface area contributed by atoms with E-state index in [0.29, 0.717) is 6.07 Å². The molecule has 1 aromatic rings. The number of rotatable bonds is 4. The first kappa shape index (κ1) is 14.2. The summed E-state index contributed by atoms with van der Waals surface area (Å²) in [6.07, 6.45) is -4.80. The van der Waals surface area contributed by atoms with E-state index in [1.807, 2.05) is 0 Å². The molecule has 8 heteroatoms. The van der Waals surface area contributed by atoms with Crippen molar-refractivity contribution in [1.29, 1.82) is 0 Å². The van der Waals surface area contributed by atoms with Gasteiger partial charge in [-0.3, -0.25) is 0 Å². The molecule has 0 saturated carbocycles. The average Bonchev–Trinajstić information content (AvgIpc) is 2.23. The van der Waals surface area contributed by atoms with Gasteiger partial charge in [-0.25, -0.2) is 9.18 Å². The van der Waals surface area contributed by atoms with Crippen LogP contribution in [-0.2, 0) is 10.9 Å². The number of hydrogen-bond donors (Lipinski definition) is 1. The summed E-state index contributed by atoms with van der Waals surface area (Å²) in [5, 5.41) is 8.70. The number of carbonyl (C=O) groups is 1. The summed E-state index contributed by atoms with van der Waals surface area (Å²) in [6.45, 7) is -0.499. The Kier molecular flexibility index (Phi) is 4.12. The summed E-state index contributed by atoms with van der Waals surface area (Å²) in [7, 11) is 1.18. The number of hydrogen-bond acceptors (Lipinski definition) is 3. The van der Waals surface area contributed by atoms with Gasteiger partial charge in [0.25, 0.3) is 0 Å². The molecule has 1 aromatic carbocycles. The van der Waals surface area contributed by atoms with Gasteiger partial charge in [-0.15, -0.1) is 0 Å². The van der Waals surface area contributed by atoms with Crippen LogP contribution in [0.15, 0.2) is 12.1 Å².